The molecule has 0 aromatic carbocycles. The van der Waals surface area contributed by atoms with E-state index in [1.54, 1.807) is 0 Å². The molecule has 1 amide bonds. The first kappa shape index (κ1) is 11.5. The minimum absolute atomic E-state index is 0.0980. The van der Waals surface area contributed by atoms with Gasteiger partial charge in [-0.05, 0) is 56.8 Å². The van der Waals surface area contributed by atoms with Gasteiger partial charge in [0.05, 0.1) is 5.41 Å². The van der Waals surface area contributed by atoms with Crippen molar-refractivity contribution in [3.63, 3.8) is 0 Å². The number of carbonyl (C=O) groups excluding carboxylic acids is 1. The van der Waals surface area contributed by atoms with Crippen LogP contribution in [0.2, 0.25) is 0 Å². The summed E-state index contributed by atoms with van der Waals surface area (Å²) in [6, 6.07) is 0.404. The number of nitrogens with zero attached hydrogens (tertiary/aromatic N) is 1. The molecule has 0 radical (unpaired) electrons. The predicted octanol–water partition coefficient (Wildman–Crippen LogP) is 2.13. The van der Waals surface area contributed by atoms with Crippen molar-refractivity contribution in [1.82, 2.24) is 10.2 Å². The van der Waals surface area contributed by atoms with Gasteiger partial charge in [-0.25, -0.2) is 0 Å². The number of carbonyl (C=O) groups is 1. The summed E-state index contributed by atoms with van der Waals surface area (Å²) in [7, 11) is 0. The van der Waals surface area contributed by atoms with E-state index < -0.39 is 0 Å². The van der Waals surface area contributed by atoms with Gasteiger partial charge < -0.3 is 10.2 Å². The number of allylic oxidation sites excluding steroid dienone is 4. The molecule has 4 rings (SSSR count). The molecular weight excluding hydrogens is 236 g/mol. The van der Waals surface area contributed by atoms with Crippen LogP contribution < -0.4 is 5.32 Å². The maximum atomic E-state index is 12.9. The molecule has 2 heterocycles. The molecule has 2 aliphatic heterocycles. The maximum Gasteiger partial charge on any atom is 0.237 e. The molecule has 0 unspecified atom stereocenters. The van der Waals surface area contributed by atoms with Gasteiger partial charge in [0.1, 0.15) is 0 Å². The van der Waals surface area contributed by atoms with E-state index in [1.807, 2.05) is 0 Å². The van der Waals surface area contributed by atoms with Crippen molar-refractivity contribution < 1.29 is 4.79 Å². The Morgan fingerprint density at radius 3 is 2.74 bits per heavy atom. The zero-order valence-corrected chi connectivity index (χ0v) is 11.2. The molecule has 4 aliphatic rings. The van der Waals surface area contributed by atoms with Crippen molar-refractivity contribution in [3.05, 3.63) is 35.6 Å². The number of nitrogens with one attached hydrogen (secondary N) is 1. The average molecular weight is 256 g/mol. The van der Waals surface area contributed by atoms with Crippen molar-refractivity contribution in [2.75, 3.05) is 13.1 Å². The van der Waals surface area contributed by atoms with Gasteiger partial charge >= 0.3 is 0 Å². The quantitative estimate of drug-likeness (QED) is 0.779. The van der Waals surface area contributed by atoms with Crippen LogP contribution in [0.3, 0.4) is 0 Å². The highest BCUT2D eigenvalue weighted by Gasteiger charge is 2.60. The summed E-state index contributed by atoms with van der Waals surface area (Å²) < 4.78 is 0. The van der Waals surface area contributed by atoms with E-state index in [4.69, 9.17) is 0 Å². The fourth-order valence-corrected chi connectivity index (χ4v) is 3.82. The number of amides is 1. The second kappa shape index (κ2) is 4.07. The summed E-state index contributed by atoms with van der Waals surface area (Å²) in [5.41, 5.74) is 2.51. The van der Waals surface area contributed by atoms with Crippen LogP contribution in [0.1, 0.15) is 32.1 Å². The highest BCUT2D eigenvalue weighted by atomic mass is 16.2. The van der Waals surface area contributed by atoms with Crippen LogP contribution in [0.15, 0.2) is 35.6 Å². The Hall–Kier alpha value is -1.35. The second-order valence-electron chi connectivity index (χ2n) is 6.09. The summed E-state index contributed by atoms with van der Waals surface area (Å²) in [5.74, 6) is 0.393. The van der Waals surface area contributed by atoms with E-state index in [0.717, 1.165) is 45.2 Å². The monoisotopic (exact) mass is 256 g/mol. The van der Waals surface area contributed by atoms with Crippen LogP contribution >= 0.6 is 0 Å². The van der Waals surface area contributed by atoms with Crippen molar-refractivity contribution in [2.24, 2.45) is 5.41 Å². The second-order valence-corrected chi connectivity index (χ2v) is 6.09. The Morgan fingerprint density at radius 2 is 2.00 bits per heavy atom. The molecule has 2 fully saturated rings. The Bertz CT molecular complexity index is 505. The molecule has 3 heteroatoms. The molecule has 1 saturated carbocycles. The van der Waals surface area contributed by atoms with Crippen molar-refractivity contribution in [2.45, 2.75) is 38.1 Å². The third-order valence-electron chi connectivity index (χ3n) is 5.02. The lowest BCUT2D eigenvalue weighted by molar-refractivity contribution is -0.133. The van der Waals surface area contributed by atoms with Gasteiger partial charge in [0.2, 0.25) is 5.91 Å². The SMILES string of the molecule is O=C1N(C2CCNCC2)C2=C(CC=CC=C2)C12CC2. The summed E-state index contributed by atoms with van der Waals surface area (Å²) in [6.07, 6.45) is 13.8. The summed E-state index contributed by atoms with van der Waals surface area (Å²) in [6.45, 7) is 2.07. The van der Waals surface area contributed by atoms with Gasteiger partial charge in [-0.3, -0.25) is 4.79 Å². The maximum absolute atomic E-state index is 12.9. The molecule has 1 N–H and O–H groups in total. The van der Waals surface area contributed by atoms with Crippen LogP contribution in [0.25, 0.3) is 0 Å². The number of hydrogen-bond donors (Lipinski definition) is 1. The summed E-state index contributed by atoms with van der Waals surface area (Å²) in [5, 5.41) is 3.39. The zero-order valence-electron chi connectivity index (χ0n) is 11.2. The fourth-order valence-electron chi connectivity index (χ4n) is 3.82. The molecule has 0 aromatic heterocycles. The molecule has 1 spiro atoms. The van der Waals surface area contributed by atoms with E-state index in [0.29, 0.717) is 11.9 Å². The third-order valence-corrected chi connectivity index (χ3v) is 5.02. The van der Waals surface area contributed by atoms with E-state index in [2.05, 4.69) is 34.5 Å². The summed E-state index contributed by atoms with van der Waals surface area (Å²) in [4.78, 5) is 15.0. The smallest absolute Gasteiger partial charge is 0.237 e. The Balaban J connectivity index is 1.74. The van der Waals surface area contributed by atoms with Gasteiger partial charge in [0, 0.05) is 11.7 Å². The molecular formula is C16H20N2O. The Labute approximate surface area is 114 Å². The predicted molar refractivity (Wildman–Crippen MR) is 74.3 cm³/mol. The van der Waals surface area contributed by atoms with E-state index >= 15 is 0 Å². The molecule has 0 atom stereocenters. The van der Waals surface area contributed by atoms with Gasteiger partial charge in [0.15, 0.2) is 0 Å². The number of fused-ring (bicyclic) bond motifs is 1. The molecule has 0 aromatic rings. The Kier molecular flexibility index (Phi) is 2.46. The molecule has 19 heavy (non-hydrogen) atoms. The van der Waals surface area contributed by atoms with Crippen molar-refractivity contribution in [3.8, 4) is 0 Å². The van der Waals surface area contributed by atoms with E-state index in [1.165, 1.54) is 11.3 Å². The minimum Gasteiger partial charge on any atom is -0.317 e. The normalized spacial score (nSPS) is 29.1. The van der Waals surface area contributed by atoms with Crippen LogP contribution in [0.5, 0.6) is 0 Å². The highest BCUT2D eigenvalue weighted by Crippen LogP contribution is 2.60. The highest BCUT2D eigenvalue weighted by molar-refractivity contribution is 5.95. The van der Waals surface area contributed by atoms with Crippen LogP contribution in [-0.4, -0.2) is 29.9 Å². The van der Waals surface area contributed by atoms with Crippen molar-refractivity contribution in [1.29, 1.82) is 0 Å². The third kappa shape index (κ3) is 1.57. The van der Waals surface area contributed by atoms with E-state index in [-0.39, 0.29) is 5.41 Å². The zero-order chi connectivity index (χ0) is 12.9. The lowest BCUT2D eigenvalue weighted by Crippen LogP contribution is -2.44. The van der Waals surface area contributed by atoms with Gasteiger partial charge in [-0.15, -0.1) is 0 Å². The van der Waals surface area contributed by atoms with Gasteiger partial charge in [-0.2, -0.15) is 0 Å². The first-order valence-corrected chi connectivity index (χ1v) is 7.44. The van der Waals surface area contributed by atoms with Crippen LogP contribution in [-0.2, 0) is 4.79 Å². The molecule has 3 nitrogen and oxygen atoms in total. The first-order chi connectivity index (χ1) is 9.33. The van der Waals surface area contributed by atoms with Gasteiger partial charge in [-0.1, -0.05) is 18.2 Å². The van der Waals surface area contributed by atoms with Gasteiger partial charge in [0.25, 0.3) is 0 Å². The summed E-state index contributed by atoms with van der Waals surface area (Å²) >= 11 is 0. The molecule has 1 saturated heterocycles. The number of piperidine rings is 1. The fraction of sp³-hybridized carbons (Fsp3) is 0.562. The van der Waals surface area contributed by atoms with Crippen LogP contribution in [0.4, 0.5) is 0 Å². The molecule has 2 aliphatic carbocycles. The Morgan fingerprint density at radius 1 is 1.21 bits per heavy atom. The van der Waals surface area contributed by atoms with Crippen LogP contribution in [0, 0.1) is 5.41 Å². The standard InChI is InChI=1S/C16H20N2O/c19-15-16(8-9-16)13-4-2-1-3-5-14(13)18(15)12-6-10-17-11-7-12/h1-3,5,12,17H,4,6-11H2. The van der Waals surface area contributed by atoms with E-state index in [9.17, 15) is 4.79 Å². The molecule has 100 valence electrons. The largest absolute Gasteiger partial charge is 0.317 e. The van der Waals surface area contributed by atoms with Crippen molar-refractivity contribution >= 4 is 5.91 Å². The lowest BCUT2D eigenvalue weighted by atomic mass is 9.94. The first-order valence-electron chi connectivity index (χ1n) is 7.44. The number of rotatable bonds is 1. The minimum atomic E-state index is -0.0980. The average Bonchev–Trinajstić information content (AvgIpc) is 3.21. The lowest BCUT2D eigenvalue weighted by Gasteiger charge is -2.33. The topological polar surface area (TPSA) is 32.3 Å². The molecule has 0 bridgehead atoms. The number of hydrogen-bond acceptors (Lipinski definition) is 2.